The zero-order valence-electron chi connectivity index (χ0n) is 18.4. The number of anilines is 1. The molecule has 1 unspecified atom stereocenters. The molecule has 0 spiro atoms. The summed E-state index contributed by atoms with van der Waals surface area (Å²) in [5.74, 6) is -1.22. The molecule has 1 amide bonds. The molecule has 0 fully saturated rings. The van der Waals surface area contributed by atoms with Crippen molar-refractivity contribution in [2.45, 2.75) is 32.1 Å². The highest BCUT2D eigenvalue weighted by Crippen LogP contribution is 2.42. The van der Waals surface area contributed by atoms with Gasteiger partial charge < -0.3 is 0 Å². The fourth-order valence-corrected chi connectivity index (χ4v) is 5.14. The second kappa shape index (κ2) is 10.0. The second-order valence-corrected chi connectivity index (χ2v) is 10.3. The fraction of sp³-hybridized carbons (Fsp3) is 0.273. The molecule has 0 saturated heterocycles. The van der Waals surface area contributed by atoms with Crippen molar-refractivity contribution in [1.82, 2.24) is 4.98 Å². The number of hydrogen-bond donors (Lipinski definition) is 1. The van der Waals surface area contributed by atoms with Gasteiger partial charge in [-0.1, -0.05) is 50.0 Å². The van der Waals surface area contributed by atoms with Gasteiger partial charge in [-0.25, -0.2) is 4.98 Å². The monoisotopic (exact) mass is 522 g/mol. The van der Waals surface area contributed by atoms with E-state index in [9.17, 15) is 25.0 Å². The highest BCUT2D eigenvalue weighted by molar-refractivity contribution is 7.16. The normalized spacial score (nSPS) is 12.3. The van der Waals surface area contributed by atoms with E-state index in [2.05, 4.69) is 10.3 Å². The van der Waals surface area contributed by atoms with Gasteiger partial charge in [-0.05, 0) is 29.8 Å². The molecular weight excluding hydrogens is 503 g/mol. The van der Waals surface area contributed by atoms with Crippen molar-refractivity contribution in [2.75, 3.05) is 11.9 Å². The lowest BCUT2D eigenvalue weighted by Gasteiger charge is -2.21. The first-order chi connectivity index (χ1) is 15.9. The first kappa shape index (κ1) is 25.5. The molecule has 9 nitrogen and oxygen atoms in total. The molecule has 1 N–H and O–H groups in total. The number of nitrogens with one attached hydrogen (secondary N) is 1. The van der Waals surface area contributed by atoms with Crippen molar-refractivity contribution in [1.29, 1.82) is 0 Å². The number of amides is 1. The molecular formula is C22H20Cl2N4O5S. The third kappa shape index (κ3) is 5.88. The fourth-order valence-electron chi connectivity index (χ4n) is 3.32. The summed E-state index contributed by atoms with van der Waals surface area (Å²) in [7, 11) is 0. The second-order valence-electron chi connectivity index (χ2n) is 8.47. The summed E-state index contributed by atoms with van der Waals surface area (Å²) in [6.45, 7) is 5.32. The molecule has 3 aromatic rings. The third-order valence-electron chi connectivity index (χ3n) is 4.91. The minimum absolute atomic E-state index is 0.134. The van der Waals surface area contributed by atoms with E-state index in [0.717, 1.165) is 11.3 Å². The molecule has 1 atom stereocenters. The lowest BCUT2D eigenvalue weighted by Crippen LogP contribution is -2.20. The molecule has 1 aromatic heterocycles. The average Bonchev–Trinajstić information content (AvgIpc) is 3.16. The summed E-state index contributed by atoms with van der Waals surface area (Å²) < 4.78 is 0. The van der Waals surface area contributed by atoms with Crippen LogP contribution < -0.4 is 5.32 Å². The molecule has 0 saturated carbocycles. The van der Waals surface area contributed by atoms with Crippen LogP contribution in [-0.2, 0) is 5.41 Å². The van der Waals surface area contributed by atoms with E-state index in [0.29, 0.717) is 26.2 Å². The number of nitrogens with zero attached hydrogens (tertiary/aromatic N) is 3. The van der Waals surface area contributed by atoms with Gasteiger partial charge in [-0.2, -0.15) is 0 Å². The number of benzene rings is 2. The minimum Gasteiger partial charge on any atom is -0.298 e. The van der Waals surface area contributed by atoms with E-state index in [4.69, 9.17) is 23.2 Å². The average molecular weight is 523 g/mol. The number of thiazole rings is 1. The van der Waals surface area contributed by atoms with Gasteiger partial charge >= 0.3 is 0 Å². The summed E-state index contributed by atoms with van der Waals surface area (Å²) in [6.07, 6.45) is 0. The SMILES string of the molecule is CC(C)(C)c1nc(NC(=O)c2ccc([N+](=O)[O-])cc2)sc1C(C[N+](=O)[O-])c1ccc(Cl)cc1Cl. The van der Waals surface area contributed by atoms with Crippen LogP contribution in [0.25, 0.3) is 0 Å². The van der Waals surface area contributed by atoms with Crippen LogP contribution in [0.15, 0.2) is 42.5 Å². The lowest BCUT2D eigenvalue weighted by molar-refractivity contribution is -0.481. The Morgan fingerprint density at radius 1 is 1.12 bits per heavy atom. The molecule has 12 heteroatoms. The highest BCUT2D eigenvalue weighted by Gasteiger charge is 2.33. The summed E-state index contributed by atoms with van der Waals surface area (Å²) in [5, 5.41) is 26.0. The van der Waals surface area contributed by atoms with Crippen LogP contribution in [0, 0.1) is 20.2 Å². The predicted octanol–water partition coefficient (Wildman–Crippen LogP) is 6.32. The number of halogens is 2. The highest BCUT2D eigenvalue weighted by atomic mass is 35.5. The first-order valence-corrected chi connectivity index (χ1v) is 11.6. The Morgan fingerprint density at radius 3 is 2.29 bits per heavy atom. The van der Waals surface area contributed by atoms with Crippen molar-refractivity contribution in [3.8, 4) is 0 Å². The van der Waals surface area contributed by atoms with E-state index in [1.54, 1.807) is 12.1 Å². The van der Waals surface area contributed by atoms with Crippen molar-refractivity contribution in [3.05, 3.63) is 94.4 Å². The summed E-state index contributed by atoms with van der Waals surface area (Å²) in [6, 6.07) is 9.95. The number of carbonyl (C=O) groups is 1. The maximum Gasteiger partial charge on any atom is 0.269 e. The van der Waals surface area contributed by atoms with Crippen LogP contribution in [-0.4, -0.2) is 27.3 Å². The largest absolute Gasteiger partial charge is 0.298 e. The van der Waals surface area contributed by atoms with E-state index >= 15 is 0 Å². The standard InChI is InChI=1S/C22H20Cl2N4O5S/c1-22(2,3)19-18(16(11-27(30)31)15-9-6-13(23)10-17(15)24)34-21(25-19)26-20(29)12-4-7-14(8-5-12)28(32)33/h4-10,16H,11H2,1-3H3,(H,25,26,29). The minimum atomic E-state index is -0.712. The van der Waals surface area contributed by atoms with E-state index in [-0.39, 0.29) is 16.4 Å². The Bertz CT molecular complexity index is 1260. The van der Waals surface area contributed by atoms with E-state index in [1.807, 2.05) is 20.8 Å². The van der Waals surface area contributed by atoms with Crippen molar-refractivity contribution in [2.24, 2.45) is 0 Å². The summed E-state index contributed by atoms with van der Waals surface area (Å²) >= 11 is 13.5. The molecule has 1 heterocycles. The van der Waals surface area contributed by atoms with Gasteiger partial charge in [0.2, 0.25) is 6.54 Å². The van der Waals surface area contributed by atoms with Crippen LogP contribution >= 0.6 is 34.5 Å². The summed E-state index contributed by atoms with van der Waals surface area (Å²) in [5.41, 5.74) is 0.711. The van der Waals surface area contributed by atoms with Crippen LogP contribution in [0.5, 0.6) is 0 Å². The zero-order chi connectivity index (χ0) is 25.2. The number of non-ortho nitro benzene ring substituents is 1. The molecule has 0 aliphatic rings. The number of hydrogen-bond acceptors (Lipinski definition) is 7. The van der Waals surface area contributed by atoms with Gasteiger partial charge in [-0.15, -0.1) is 11.3 Å². The maximum atomic E-state index is 12.7. The molecule has 0 bridgehead atoms. The predicted molar refractivity (Wildman–Crippen MR) is 132 cm³/mol. The summed E-state index contributed by atoms with van der Waals surface area (Å²) in [4.78, 5) is 39.3. The van der Waals surface area contributed by atoms with Gasteiger partial charge in [-0.3, -0.25) is 30.3 Å². The Morgan fingerprint density at radius 2 is 1.76 bits per heavy atom. The first-order valence-electron chi connectivity index (χ1n) is 10.0. The Kier molecular flexibility index (Phi) is 7.54. The molecule has 34 heavy (non-hydrogen) atoms. The smallest absolute Gasteiger partial charge is 0.269 e. The Labute approximate surface area is 209 Å². The van der Waals surface area contributed by atoms with Crippen LogP contribution in [0.4, 0.5) is 10.8 Å². The van der Waals surface area contributed by atoms with E-state index < -0.39 is 33.6 Å². The van der Waals surface area contributed by atoms with Gasteiger partial charge in [0, 0.05) is 43.0 Å². The number of aromatic nitrogens is 1. The molecule has 0 radical (unpaired) electrons. The van der Waals surface area contributed by atoms with Crippen LogP contribution in [0.2, 0.25) is 10.0 Å². The molecule has 3 rings (SSSR count). The van der Waals surface area contributed by atoms with Crippen molar-refractivity contribution >= 4 is 51.3 Å². The molecule has 0 aliphatic carbocycles. The van der Waals surface area contributed by atoms with Crippen molar-refractivity contribution in [3.63, 3.8) is 0 Å². The Balaban J connectivity index is 2.02. The molecule has 2 aromatic carbocycles. The topological polar surface area (TPSA) is 128 Å². The van der Waals surface area contributed by atoms with Gasteiger partial charge in [0.05, 0.1) is 16.5 Å². The zero-order valence-corrected chi connectivity index (χ0v) is 20.7. The number of rotatable bonds is 7. The molecule has 0 aliphatic heterocycles. The lowest BCUT2D eigenvalue weighted by atomic mass is 9.86. The maximum absolute atomic E-state index is 12.7. The number of nitro benzene ring substituents is 1. The van der Waals surface area contributed by atoms with E-state index in [1.165, 1.54) is 30.3 Å². The van der Waals surface area contributed by atoms with Gasteiger partial charge in [0.25, 0.3) is 11.6 Å². The van der Waals surface area contributed by atoms with Crippen LogP contribution in [0.1, 0.15) is 53.2 Å². The van der Waals surface area contributed by atoms with Crippen molar-refractivity contribution < 1.29 is 14.6 Å². The number of carbonyl (C=O) groups excluding carboxylic acids is 1. The molecule has 178 valence electrons. The van der Waals surface area contributed by atoms with Gasteiger partial charge in [0.15, 0.2) is 5.13 Å². The van der Waals surface area contributed by atoms with Crippen LogP contribution in [0.3, 0.4) is 0 Å². The van der Waals surface area contributed by atoms with Gasteiger partial charge in [0.1, 0.15) is 0 Å². The quantitative estimate of drug-likeness (QED) is 0.285. The Hall–Kier alpha value is -3.08. The third-order valence-corrected chi connectivity index (χ3v) is 6.56. The number of nitro groups is 2.